The van der Waals surface area contributed by atoms with Gasteiger partial charge in [0.25, 0.3) is 0 Å². The summed E-state index contributed by atoms with van der Waals surface area (Å²) < 4.78 is 4.63. The molecule has 0 aliphatic heterocycles. The number of carbonyl (C=O) groups excluding carboxylic acids is 3. The summed E-state index contributed by atoms with van der Waals surface area (Å²) >= 11 is 0. The second-order valence-corrected chi connectivity index (χ2v) is 8.34. The monoisotopic (exact) mass is 392 g/mol. The summed E-state index contributed by atoms with van der Waals surface area (Å²) in [6.07, 6.45) is 15.6. The van der Waals surface area contributed by atoms with E-state index >= 15 is 0 Å². The van der Waals surface area contributed by atoms with Crippen LogP contribution in [0.5, 0.6) is 0 Å². The highest BCUT2D eigenvalue weighted by Gasteiger charge is 2.38. The molecular formula is C24H40O4. The lowest BCUT2D eigenvalue weighted by molar-refractivity contribution is -0.140. The standard InChI is InChI=1S/C24H40O4/c1-4-5-6-7-10-13-20(25)16-17-21-19(2)18-23(26)22(21)14-11-8-9-12-15-24(27)28-3/h8,11,19,21-22H,4-7,9-10,12-18H2,1-3H3/b11-8+/t19-,21-,22+/m0/s1. The second kappa shape index (κ2) is 14.5. The summed E-state index contributed by atoms with van der Waals surface area (Å²) in [6, 6.07) is 0. The third-order valence-electron chi connectivity index (χ3n) is 6.04. The summed E-state index contributed by atoms with van der Waals surface area (Å²) in [5, 5.41) is 0. The predicted molar refractivity (Wildman–Crippen MR) is 113 cm³/mol. The van der Waals surface area contributed by atoms with Crippen molar-refractivity contribution in [3.8, 4) is 0 Å². The van der Waals surface area contributed by atoms with E-state index in [-0.39, 0.29) is 11.9 Å². The Morgan fingerprint density at radius 2 is 1.79 bits per heavy atom. The van der Waals surface area contributed by atoms with Crippen LogP contribution in [-0.2, 0) is 19.1 Å². The molecule has 28 heavy (non-hydrogen) atoms. The van der Waals surface area contributed by atoms with E-state index in [0.29, 0.717) is 49.1 Å². The molecule has 0 aromatic rings. The van der Waals surface area contributed by atoms with Crippen LogP contribution in [0.4, 0.5) is 0 Å². The number of Topliss-reactive ketones (excluding diaryl/α,β-unsaturated/α-hetero) is 2. The first-order chi connectivity index (χ1) is 13.5. The third kappa shape index (κ3) is 9.66. The Kier molecular flexibility index (Phi) is 12.8. The van der Waals surface area contributed by atoms with Gasteiger partial charge in [0.1, 0.15) is 11.6 Å². The zero-order valence-corrected chi connectivity index (χ0v) is 18.2. The molecule has 0 unspecified atom stereocenters. The van der Waals surface area contributed by atoms with Gasteiger partial charge in [-0.25, -0.2) is 0 Å². The molecule has 0 amide bonds. The van der Waals surface area contributed by atoms with Crippen LogP contribution in [0.2, 0.25) is 0 Å². The maximum atomic E-state index is 12.4. The summed E-state index contributed by atoms with van der Waals surface area (Å²) in [6.45, 7) is 4.35. The largest absolute Gasteiger partial charge is 0.469 e. The van der Waals surface area contributed by atoms with Crippen LogP contribution >= 0.6 is 0 Å². The van der Waals surface area contributed by atoms with Gasteiger partial charge in [-0.1, -0.05) is 51.7 Å². The van der Waals surface area contributed by atoms with Gasteiger partial charge in [-0.3, -0.25) is 14.4 Å². The SMILES string of the molecule is CCCCCCCC(=O)CC[C@H]1[C@@H](C)CC(=O)[C@@H]1C/C=C/CCCC(=O)OC. The first-order valence-electron chi connectivity index (χ1n) is 11.3. The molecule has 0 radical (unpaired) electrons. The lowest BCUT2D eigenvalue weighted by atomic mass is 9.83. The average molecular weight is 393 g/mol. The molecule has 0 saturated heterocycles. The van der Waals surface area contributed by atoms with Gasteiger partial charge >= 0.3 is 5.97 Å². The quantitative estimate of drug-likeness (QED) is 0.200. The minimum Gasteiger partial charge on any atom is -0.469 e. The summed E-state index contributed by atoms with van der Waals surface area (Å²) in [7, 11) is 1.41. The van der Waals surface area contributed by atoms with E-state index in [9.17, 15) is 14.4 Å². The maximum Gasteiger partial charge on any atom is 0.305 e. The van der Waals surface area contributed by atoms with Gasteiger partial charge in [0.05, 0.1) is 7.11 Å². The fraction of sp³-hybridized carbons (Fsp3) is 0.792. The van der Waals surface area contributed by atoms with Gasteiger partial charge < -0.3 is 4.74 Å². The minimum atomic E-state index is -0.178. The van der Waals surface area contributed by atoms with Crippen LogP contribution in [0.25, 0.3) is 0 Å². The lowest BCUT2D eigenvalue weighted by Gasteiger charge is -2.20. The van der Waals surface area contributed by atoms with Gasteiger partial charge in [0, 0.05) is 31.6 Å². The van der Waals surface area contributed by atoms with Crippen molar-refractivity contribution in [2.75, 3.05) is 7.11 Å². The molecule has 1 rings (SSSR count). The van der Waals surface area contributed by atoms with Crippen LogP contribution in [0, 0.1) is 17.8 Å². The van der Waals surface area contributed by atoms with E-state index in [0.717, 1.165) is 38.5 Å². The first-order valence-corrected chi connectivity index (χ1v) is 11.3. The third-order valence-corrected chi connectivity index (χ3v) is 6.04. The van der Waals surface area contributed by atoms with Crippen molar-refractivity contribution < 1.29 is 19.1 Å². The number of allylic oxidation sites excluding steroid dienone is 2. The molecule has 0 bridgehead atoms. The molecule has 1 aliphatic rings. The smallest absolute Gasteiger partial charge is 0.305 e. The number of rotatable bonds is 15. The summed E-state index contributed by atoms with van der Waals surface area (Å²) in [4.78, 5) is 35.7. The fourth-order valence-corrected chi connectivity index (χ4v) is 4.25. The fourth-order valence-electron chi connectivity index (χ4n) is 4.25. The van der Waals surface area contributed by atoms with E-state index in [1.807, 2.05) is 0 Å². The van der Waals surface area contributed by atoms with E-state index in [2.05, 4.69) is 30.7 Å². The Bertz CT molecular complexity index is 509. The predicted octanol–water partition coefficient (Wildman–Crippen LogP) is 5.83. The number of ketones is 2. The highest BCUT2D eigenvalue weighted by molar-refractivity contribution is 5.84. The molecule has 1 saturated carbocycles. The number of carbonyl (C=O) groups is 3. The molecule has 0 spiro atoms. The van der Waals surface area contributed by atoms with Gasteiger partial charge in [-0.15, -0.1) is 0 Å². The van der Waals surface area contributed by atoms with Gasteiger partial charge in [0.2, 0.25) is 0 Å². The van der Waals surface area contributed by atoms with Crippen LogP contribution in [-0.4, -0.2) is 24.6 Å². The molecule has 1 fully saturated rings. The zero-order chi connectivity index (χ0) is 20.8. The Balaban J connectivity index is 2.33. The van der Waals surface area contributed by atoms with E-state index in [1.165, 1.54) is 26.4 Å². The molecule has 0 heterocycles. The molecular weight excluding hydrogens is 352 g/mol. The van der Waals surface area contributed by atoms with Crippen LogP contribution in [0.1, 0.15) is 97.3 Å². The topological polar surface area (TPSA) is 60.4 Å². The lowest BCUT2D eigenvalue weighted by Crippen LogP contribution is -2.17. The van der Waals surface area contributed by atoms with Crippen LogP contribution in [0.15, 0.2) is 12.2 Å². The minimum absolute atomic E-state index is 0.0595. The van der Waals surface area contributed by atoms with Gasteiger partial charge in [-0.2, -0.15) is 0 Å². The summed E-state index contributed by atoms with van der Waals surface area (Å²) in [5.41, 5.74) is 0. The van der Waals surface area contributed by atoms with Crippen molar-refractivity contribution in [1.29, 1.82) is 0 Å². The molecule has 1 aliphatic carbocycles. The molecule has 4 heteroatoms. The average Bonchev–Trinajstić information content (AvgIpc) is 2.94. The number of methoxy groups -OCH3 is 1. The summed E-state index contributed by atoms with van der Waals surface area (Å²) in [5.74, 6) is 1.30. The van der Waals surface area contributed by atoms with E-state index < -0.39 is 0 Å². The number of esters is 1. The number of unbranched alkanes of at least 4 members (excludes halogenated alkanes) is 5. The van der Waals surface area contributed by atoms with Gasteiger partial charge in [-0.05, 0) is 43.9 Å². The van der Waals surface area contributed by atoms with Crippen molar-refractivity contribution in [3.63, 3.8) is 0 Å². The van der Waals surface area contributed by atoms with Crippen molar-refractivity contribution in [1.82, 2.24) is 0 Å². The van der Waals surface area contributed by atoms with Crippen molar-refractivity contribution in [3.05, 3.63) is 12.2 Å². The van der Waals surface area contributed by atoms with Crippen molar-refractivity contribution in [2.45, 2.75) is 97.3 Å². The Hall–Kier alpha value is -1.45. The van der Waals surface area contributed by atoms with Crippen molar-refractivity contribution >= 4 is 17.5 Å². The van der Waals surface area contributed by atoms with Crippen LogP contribution < -0.4 is 0 Å². The number of hydrogen-bond acceptors (Lipinski definition) is 4. The van der Waals surface area contributed by atoms with Crippen LogP contribution in [0.3, 0.4) is 0 Å². The Labute approximate surface area is 171 Å². The maximum absolute atomic E-state index is 12.4. The molecule has 0 N–H and O–H groups in total. The second-order valence-electron chi connectivity index (χ2n) is 8.34. The molecule has 0 aromatic carbocycles. The molecule has 3 atom stereocenters. The Morgan fingerprint density at radius 3 is 2.50 bits per heavy atom. The number of hydrogen-bond donors (Lipinski definition) is 0. The highest BCUT2D eigenvalue weighted by Crippen LogP contribution is 2.39. The molecule has 4 nitrogen and oxygen atoms in total. The highest BCUT2D eigenvalue weighted by atomic mass is 16.5. The van der Waals surface area contributed by atoms with Gasteiger partial charge in [0.15, 0.2) is 0 Å². The Morgan fingerprint density at radius 1 is 1.04 bits per heavy atom. The van der Waals surface area contributed by atoms with Crippen molar-refractivity contribution in [2.24, 2.45) is 17.8 Å². The van der Waals surface area contributed by atoms with E-state index in [4.69, 9.17) is 0 Å². The molecule has 160 valence electrons. The number of ether oxygens (including phenoxy) is 1. The zero-order valence-electron chi connectivity index (χ0n) is 18.2. The normalized spacial score (nSPS) is 22.1. The molecule has 0 aromatic heterocycles. The van der Waals surface area contributed by atoms with E-state index in [1.54, 1.807) is 0 Å². The first kappa shape index (κ1) is 24.6.